The van der Waals surface area contributed by atoms with Gasteiger partial charge in [-0.15, -0.1) is 0 Å². The van der Waals surface area contributed by atoms with E-state index in [9.17, 15) is 0 Å². The van der Waals surface area contributed by atoms with Gasteiger partial charge in [0.15, 0.2) is 0 Å². The third-order valence-electron chi connectivity index (χ3n) is 2.77. The summed E-state index contributed by atoms with van der Waals surface area (Å²) in [7, 11) is 0. The fourth-order valence-corrected chi connectivity index (χ4v) is 1.90. The van der Waals surface area contributed by atoms with Crippen molar-refractivity contribution in [3.63, 3.8) is 0 Å². The van der Waals surface area contributed by atoms with Crippen molar-refractivity contribution in [3.8, 4) is 5.75 Å². The maximum atomic E-state index is 8.23. The molecule has 2 rings (SSSR count). The van der Waals surface area contributed by atoms with Crippen molar-refractivity contribution in [2.24, 2.45) is 0 Å². The number of morpholine rings is 1. The fourth-order valence-electron chi connectivity index (χ4n) is 1.90. The van der Waals surface area contributed by atoms with E-state index in [1.165, 1.54) is 0 Å². The lowest BCUT2D eigenvalue weighted by atomic mass is 10.1. The highest BCUT2D eigenvalue weighted by Gasteiger charge is 2.17. The maximum absolute atomic E-state index is 8.23. The summed E-state index contributed by atoms with van der Waals surface area (Å²) in [6, 6.07) is 7.71. The summed E-state index contributed by atoms with van der Waals surface area (Å²) in [4.78, 5) is 2.03. The van der Waals surface area contributed by atoms with Gasteiger partial charge in [0.25, 0.3) is 0 Å². The van der Waals surface area contributed by atoms with Gasteiger partial charge in [0.1, 0.15) is 11.6 Å². The van der Waals surface area contributed by atoms with Crippen LogP contribution in [-0.2, 0) is 4.74 Å². The number of rotatable bonds is 3. The van der Waals surface area contributed by atoms with Gasteiger partial charge in [-0.3, -0.25) is 5.41 Å². The van der Waals surface area contributed by atoms with Crippen LogP contribution in [-0.4, -0.2) is 43.6 Å². The second-order valence-electron chi connectivity index (χ2n) is 3.88. The second kappa shape index (κ2) is 5.68. The molecule has 1 aromatic carbocycles. The molecule has 1 fully saturated rings. The molecule has 0 bridgehead atoms. The molecular weight excluding hydrogens is 216 g/mol. The zero-order valence-corrected chi connectivity index (χ0v) is 10.1. The monoisotopic (exact) mass is 234 g/mol. The van der Waals surface area contributed by atoms with E-state index in [0.717, 1.165) is 24.4 Å². The molecule has 0 aliphatic carbocycles. The lowest BCUT2D eigenvalue weighted by Gasteiger charge is -2.29. The third-order valence-corrected chi connectivity index (χ3v) is 2.77. The van der Waals surface area contributed by atoms with Crippen molar-refractivity contribution in [3.05, 3.63) is 29.8 Å². The number of amidine groups is 1. The van der Waals surface area contributed by atoms with Gasteiger partial charge in [-0.1, -0.05) is 12.1 Å². The summed E-state index contributed by atoms with van der Waals surface area (Å²) in [6.45, 7) is 5.51. The molecule has 4 heteroatoms. The summed E-state index contributed by atoms with van der Waals surface area (Å²) in [5.41, 5.74) is 0.858. The Labute approximate surface area is 102 Å². The van der Waals surface area contributed by atoms with E-state index in [4.69, 9.17) is 14.9 Å². The number of benzene rings is 1. The number of ether oxygens (including phenoxy) is 2. The van der Waals surface area contributed by atoms with Gasteiger partial charge in [0.05, 0.1) is 25.4 Å². The fraction of sp³-hybridized carbons (Fsp3) is 0.462. The van der Waals surface area contributed by atoms with Gasteiger partial charge in [-0.25, -0.2) is 0 Å². The molecule has 92 valence electrons. The van der Waals surface area contributed by atoms with Crippen LogP contribution < -0.4 is 4.74 Å². The van der Waals surface area contributed by atoms with Crippen LogP contribution in [0.4, 0.5) is 0 Å². The van der Waals surface area contributed by atoms with Crippen LogP contribution in [0.2, 0.25) is 0 Å². The van der Waals surface area contributed by atoms with Crippen molar-refractivity contribution in [2.75, 3.05) is 32.9 Å². The summed E-state index contributed by atoms with van der Waals surface area (Å²) in [5, 5.41) is 8.23. The van der Waals surface area contributed by atoms with Crippen LogP contribution in [0.15, 0.2) is 24.3 Å². The van der Waals surface area contributed by atoms with E-state index in [0.29, 0.717) is 25.7 Å². The molecule has 0 atom stereocenters. The number of hydrogen-bond donors (Lipinski definition) is 1. The molecule has 1 heterocycles. The predicted octanol–water partition coefficient (Wildman–Crippen LogP) is 1.74. The van der Waals surface area contributed by atoms with Crippen LogP contribution in [0.3, 0.4) is 0 Å². The van der Waals surface area contributed by atoms with Gasteiger partial charge in [-0.2, -0.15) is 0 Å². The Morgan fingerprint density at radius 1 is 1.35 bits per heavy atom. The molecule has 1 saturated heterocycles. The number of nitrogens with one attached hydrogen (secondary N) is 1. The zero-order chi connectivity index (χ0) is 12.1. The van der Waals surface area contributed by atoms with Crippen LogP contribution in [0.25, 0.3) is 0 Å². The van der Waals surface area contributed by atoms with Gasteiger partial charge in [0, 0.05) is 13.1 Å². The van der Waals surface area contributed by atoms with Crippen molar-refractivity contribution in [1.82, 2.24) is 4.90 Å². The molecule has 0 saturated carbocycles. The molecule has 0 radical (unpaired) electrons. The second-order valence-corrected chi connectivity index (χ2v) is 3.88. The highest BCUT2D eigenvalue weighted by atomic mass is 16.5. The lowest BCUT2D eigenvalue weighted by Crippen LogP contribution is -2.40. The highest BCUT2D eigenvalue weighted by Crippen LogP contribution is 2.20. The van der Waals surface area contributed by atoms with Crippen molar-refractivity contribution < 1.29 is 9.47 Å². The molecule has 0 amide bonds. The first kappa shape index (κ1) is 11.9. The van der Waals surface area contributed by atoms with E-state index in [2.05, 4.69) is 0 Å². The first-order valence-corrected chi connectivity index (χ1v) is 5.96. The largest absolute Gasteiger partial charge is 0.493 e. The minimum atomic E-state index is 0.525. The number of para-hydroxylation sites is 1. The smallest absolute Gasteiger partial charge is 0.132 e. The molecule has 0 unspecified atom stereocenters. The minimum Gasteiger partial charge on any atom is -0.493 e. The van der Waals surface area contributed by atoms with Crippen LogP contribution >= 0.6 is 0 Å². The molecule has 1 aromatic rings. The first-order chi connectivity index (χ1) is 8.33. The molecule has 1 aliphatic heterocycles. The first-order valence-electron chi connectivity index (χ1n) is 5.96. The third kappa shape index (κ3) is 2.77. The van der Waals surface area contributed by atoms with Crippen molar-refractivity contribution >= 4 is 5.84 Å². The molecular formula is C13H18N2O2. The summed E-state index contributed by atoms with van der Waals surface area (Å²) < 4.78 is 10.8. The molecule has 0 aromatic heterocycles. The van der Waals surface area contributed by atoms with E-state index >= 15 is 0 Å². The van der Waals surface area contributed by atoms with Gasteiger partial charge in [0.2, 0.25) is 0 Å². The van der Waals surface area contributed by atoms with Gasteiger partial charge < -0.3 is 14.4 Å². The van der Waals surface area contributed by atoms with Gasteiger partial charge >= 0.3 is 0 Å². The molecule has 17 heavy (non-hydrogen) atoms. The molecule has 0 spiro atoms. The van der Waals surface area contributed by atoms with Crippen LogP contribution in [0.5, 0.6) is 5.75 Å². The Bertz CT molecular complexity index is 387. The summed E-state index contributed by atoms with van der Waals surface area (Å²) in [6.07, 6.45) is 0. The normalized spacial score (nSPS) is 15.7. The zero-order valence-electron chi connectivity index (χ0n) is 10.1. The maximum Gasteiger partial charge on any atom is 0.132 e. The predicted molar refractivity (Wildman–Crippen MR) is 66.8 cm³/mol. The summed E-state index contributed by atoms with van der Waals surface area (Å²) >= 11 is 0. The van der Waals surface area contributed by atoms with E-state index in [1.54, 1.807) is 0 Å². The van der Waals surface area contributed by atoms with E-state index in [-0.39, 0.29) is 0 Å². The van der Waals surface area contributed by atoms with Crippen molar-refractivity contribution in [2.45, 2.75) is 6.92 Å². The SMILES string of the molecule is CCOc1ccccc1C(=N)N1CCOCC1. The average molecular weight is 234 g/mol. The topological polar surface area (TPSA) is 45.5 Å². The van der Waals surface area contributed by atoms with E-state index in [1.807, 2.05) is 36.1 Å². The minimum absolute atomic E-state index is 0.525. The standard InChI is InChI=1S/C13H18N2O2/c1-2-17-12-6-4-3-5-11(12)13(14)15-7-9-16-10-8-15/h3-6,14H,2,7-10H2,1H3. The Balaban J connectivity index is 2.17. The highest BCUT2D eigenvalue weighted by molar-refractivity contribution is 5.98. The van der Waals surface area contributed by atoms with Gasteiger partial charge in [-0.05, 0) is 19.1 Å². The van der Waals surface area contributed by atoms with Crippen molar-refractivity contribution in [1.29, 1.82) is 5.41 Å². The Hall–Kier alpha value is -1.55. The quantitative estimate of drug-likeness (QED) is 0.640. The Morgan fingerprint density at radius 2 is 2.06 bits per heavy atom. The average Bonchev–Trinajstić information content (AvgIpc) is 2.40. The van der Waals surface area contributed by atoms with Crippen LogP contribution in [0, 0.1) is 5.41 Å². The number of nitrogens with zero attached hydrogens (tertiary/aromatic N) is 1. The number of hydrogen-bond acceptors (Lipinski definition) is 3. The van der Waals surface area contributed by atoms with E-state index < -0.39 is 0 Å². The van der Waals surface area contributed by atoms with Crippen LogP contribution in [0.1, 0.15) is 12.5 Å². The molecule has 1 N–H and O–H groups in total. The molecule has 1 aliphatic rings. The Morgan fingerprint density at radius 3 is 2.76 bits per heavy atom. The summed E-state index contributed by atoms with van der Waals surface area (Å²) in [5.74, 6) is 1.31. The lowest BCUT2D eigenvalue weighted by molar-refractivity contribution is 0.0679. The Kier molecular flexibility index (Phi) is 3.98. The molecule has 4 nitrogen and oxygen atoms in total.